The number of aromatic nitrogens is 2. The molecule has 0 unspecified atom stereocenters. The summed E-state index contributed by atoms with van der Waals surface area (Å²) in [5, 5.41) is 8.93. The second-order valence-corrected chi connectivity index (χ2v) is 6.01. The molecule has 1 heterocycles. The molecule has 110 valence electrons. The Morgan fingerprint density at radius 3 is 2.57 bits per heavy atom. The first-order valence-corrected chi connectivity index (χ1v) is 7.16. The second kappa shape index (κ2) is 5.52. The molecule has 2 aromatic rings. The van der Waals surface area contributed by atoms with E-state index < -0.39 is 38.1 Å². The Morgan fingerprint density at radius 1 is 1.24 bits per heavy atom. The van der Waals surface area contributed by atoms with Crippen LogP contribution in [-0.2, 0) is 15.6 Å². The van der Waals surface area contributed by atoms with Gasteiger partial charge in [-0.25, -0.2) is 32.0 Å². The maximum absolute atomic E-state index is 13.1. The van der Waals surface area contributed by atoms with Gasteiger partial charge in [0, 0.05) is 6.20 Å². The van der Waals surface area contributed by atoms with Crippen molar-refractivity contribution in [3.05, 3.63) is 53.6 Å². The van der Waals surface area contributed by atoms with E-state index in [1.165, 1.54) is 0 Å². The molecule has 0 aliphatic carbocycles. The van der Waals surface area contributed by atoms with Crippen LogP contribution in [0.3, 0.4) is 0 Å². The molecule has 1 N–H and O–H groups in total. The number of carboxylic acids is 1. The Bertz CT molecular complexity index is 809. The Balaban J connectivity index is 2.42. The molecule has 0 saturated heterocycles. The largest absolute Gasteiger partial charge is 0.478 e. The van der Waals surface area contributed by atoms with Crippen LogP contribution in [0.4, 0.5) is 8.78 Å². The molecule has 1 aromatic heterocycles. The number of benzene rings is 1. The van der Waals surface area contributed by atoms with E-state index in [0.717, 1.165) is 18.6 Å². The molecule has 0 aliphatic rings. The highest BCUT2D eigenvalue weighted by Gasteiger charge is 2.22. The van der Waals surface area contributed by atoms with E-state index in [1.54, 1.807) is 0 Å². The predicted octanol–water partition coefficient (Wildman–Crippen LogP) is 1.43. The van der Waals surface area contributed by atoms with E-state index >= 15 is 0 Å². The van der Waals surface area contributed by atoms with Crippen LogP contribution >= 0.6 is 0 Å². The van der Waals surface area contributed by atoms with Gasteiger partial charge in [-0.15, -0.1) is 0 Å². The van der Waals surface area contributed by atoms with Crippen molar-refractivity contribution in [2.45, 2.75) is 10.6 Å². The van der Waals surface area contributed by atoms with Crippen molar-refractivity contribution in [2.75, 3.05) is 0 Å². The van der Waals surface area contributed by atoms with Gasteiger partial charge in [-0.05, 0) is 18.2 Å². The molecule has 0 bridgehead atoms. The van der Waals surface area contributed by atoms with Gasteiger partial charge in [-0.3, -0.25) is 0 Å². The van der Waals surface area contributed by atoms with E-state index in [-0.39, 0.29) is 11.3 Å². The van der Waals surface area contributed by atoms with Crippen LogP contribution in [0.1, 0.15) is 16.1 Å². The zero-order valence-electron chi connectivity index (χ0n) is 10.3. The van der Waals surface area contributed by atoms with Gasteiger partial charge in [0.15, 0.2) is 21.5 Å². The smallest absolute Gasteiger partial charge is 0.339 e. The lowest BCUT2D eigenvalue weighted by molar-refractivity contribution is 0.0695. The number of halogens is 2. The first-order chi connectivity index (χ1) is 9.81. The Morgan fingerprint density at radius 2 is 1.95 bits per heavy atom. The molecule has 6 nitrogen and oxygen atoms in total. The summed E-state index contributed by atoms with van der Waals surface area (Å²) >= 11 is 0. The Kier molecular flexibility index (Phi) is 3.94. The lowest BCUT2D eigenvalue weighted by Crippen LogP contribution is -2.12. The summed E-state index contributed by atoms with van der Waals surface area (Å²) in [6, 6.07) is 2.11. The van der Waals surface area contributed by atoms with E-state index in [1.807, 2.05) is 0 Å². The molecule has 0 aliphatic heterocycles. The first kappa shape index (κ1) is 15.0. The molecule has 9 heteroatoms. The molecule has 0 spiro atoms. The van der Waals surface area contributed by atoms with Gasteiger partial charge in [0.05, 0.1) is 16.3 Å². The first-order valence-electron chi connectivity index (χ1n) is 5.51. The minimum atomic E-state index is -4.07. The van der Waals surface area contributed by atoms with Gasteiger partial charge >= 0.3 is 5.97 Å². The second-order valence-electron chi connectivity index (χ2n) is 4.02. The normalized spacial score (nSPS) is 11.3. The van der Waals surface area contributed by atoms with Crippen molar-refractivity contribution in [1.82, 2.24) is 9.97 Å². The lowest BCUT2D eigenvalue weighted by Gasteiger charge is -2.06. The summed E-state index contributed by atoms with van der Waals surface area (Å²) < 4.78 is 50.1. The highest BCUT2D eigenvalue weighted by Crippen LogP contribution is 2.19. The van der Waals surface area contributed by atoms with E-state index in [9.17, 15) is 22.0 Å². The fourth-order valence-corrected chi connectivity index (χ4v) is 2.90. The third kappa shape index (κ3) is 3.19. The summed E-state index contributed by atoms with van der Waals surface area (Å²) in [5.41, 5.74) is -0.606. The molecule has 0 atom stereocenters. The number of carbonyl (C=O) groups is 1. The van der Waals surface area contributed by atoms with Crippen molar-refractivity contribution in [3.8, 4) is 0 Å². The summed E-state index contributed by atoms with van der Waals surface area (Å²) in [5.74, 6) is -4.63. The van der Waals surface area contributed by atoms with Gasteiger partial charge in [0.2, 0.25) is 0 Å². The molecular weight excluding hydrogens is 306 g/mol. The van der Waals surface area contributed by atoms with Crippen molar-refractivity contribution < 1.29 is 27.1 Å². The number of aromatic carboxylic acids is 1. The fourth-order valence-electron chi connectivity index (χ4n) is 1.58. The fraction of sp³-hybridized carbons (Fsp3) is 0.0833. The van der Waals surface area contributed by atoms with Crippen LogP contribution in [-0.4, -0.2) is 29.5 Å². The number of carboxylic acid groups (broad SMARTS) is 1. The highest BCUT2D eigenvalue weighted by molar-refractivity contribution is 7.90. The van der Waals surface area contributed by atoms with Crippen molar-refractivity contribution in [1.29, 1.82) is 0 Å². The van der Waals surface area contributed by atoms with Crippen molar-refractivity contribution in [2.24, 2.45) is 0 Å². The van der Waals surface area contributed by atoms with Gasteiger partial charge in [-0.2, -0.15) is 0 Å². The maximum atomic E-state index is 13.1. The number of nitrogens with zero attached hydrogens (tertiary/aromatic N) is 2. The summed E-state index contributed by atoms with van der Waals surface area (Å²) in [4.78, 5) is 17.6. The predicted molar refractivity (Wildman–Crippen MR) is 66.2 cm³/mol. The average Bonchev–Trinajstić information content (AvgIpc) is 2.41. The van der Waals surface area contributed by atoms with Gasteiger partial charge in [-0.1, -0.05) is 0 Å². The Hall–Kier alpha value is -2.42. The third-order valence-corrected chi connectivity index (χ3v) is 4.23. The van der Waals surface area contributed by atoms with E-state index in [4.69, 9.17) is 5.11 Å². The van der Waals surface area contributed by atoms with Crippen LogP contribution in [0.25, 0.3) is 0 Å². The van der Waals surface area contributed by atoms with Crippen LogP contribution in [0.5, 0.6) is 0 Å². The minimum Gasteiger partial charge on any atom is -0.478 e. The quantitative estimate of drug-likeness (QED) is 0.857. The number of hydrogen-bond donors (Lipinski definition) is 1. The van der Waals surface area contributed by atoms with Crippen molar-refractivity contribution in [3.63, 3.8) is 0 Å². The van der Waals surface area contributed by atoms with Crippen LogP contribution in [0.15, 0.2) is 35.6 Å². The van der Waals surface area contributed by atoms with Gasteiger partial charge in [0.25, 0.3) is 0 Å². The van der Waals surface area contributed by atoms with E-state index in [0.29, 0.717) is 12.1 Å². The number of rotatable bonds is 4. The molecule has 21 heavy (non-hydrogen) atoms. The van der Waals surface area contributed by atoms with E-state index in [2.05, 4.69) is 9.97 Å². The maximum Gasteiger partial charge on any atom is 0.339 e. The third-order valence-electron chi connectivity index (χ3n) is 2.60. The Labute approximate surface area is 118 Å². The lowest BCUT2D eigenvalue weighted by atomic mass is 10.2. The summed E-state index contributed by atoms with van der Waals surface area (Å²) in [6.45, 7) is 0. The SMILES string of the molecule is O=C(O)c1cncnc1CS(=O)(=O)c1ccc(F)c(F)c1. The van der Waals surface area contributed by atoms with Gasteiger partial charge < -0.3 is 5.11 Å². The molecule has 0 fully saturated rings. The van der Waals surface area contributed by atoms with Crippen molar-refractivity contribution >= 4 is 15.8 Å². The standard InChI is InChI=1S/C12H8F2N2O4S/c13-9-2-1-7(3-10(9)14)21(19,20)5-11-8(12(17)18)4-15-6-16-11/h1-4,6H,5H2,(H,17,18). The highest BCUT2D eigenvalue weighted by atomic mass is 32.2. The van der Waals surface area contributed by atoms with Crippen LogP contribution in [0, 0.1) is 11.6 Å². The minimum absolute atomic E-state index is 0.234. The summed E-state index contributed by atoms with van der Waals surface area (Å²) in [6.07, 6.45) is 1.97. The zero-order chi connectivity index (χ0) is 15.6. The molecule has 1 aromatic carbocycles. The molecule has 0 radical (unpaired) electrons. The average molecular weight is 314 g/mol. The number of hydrogen-bond acceptors (Lipinski definition) is 5. The molecule has 0 saturated carbocycles. The molecule has 0 amide bonds. The summed E-state index contributed by atoms with van der Waals surface area (Å²) in [7, 11) is -4.07. The monoisotopic (exact) mass is 314 g/mol. The van der Waals surface area contributed by atoms with Gasteiger partial charge in [0.1, 0.15) is 11.9 Å². The van der Waals surface area contributed by atoms with Crippen LogP contribution < -0.4 is 0 Å². The molecular formula is C12H8F2N2O4S. The number of sulfone groups is 1. The topological polar surface area (TPSA) is 97.2 Å². The molecule has 2 rings (SSSR count). The zero-order valence-corrected chi connectivity index (χ0v) is 11.1. The van der Waals surface area contributed by atoms with Crippen LogP contribution in [0.2, 0.25) is 0 Å².